The molecule has 0 bridgehead atoms. The van der Waals surface area contributed by atoms with Gasteiger partial charge in [0.05, 0.1) is 13.3 Å². The molecule has 0 aliphatic heterocycles. The zero-order valence-corrected chi connectivity index (χ0v) is 13.5. The first kappa shape index (κ1) is 16.5. The minimum atomic E-state index is -0.312. The van der Waals surface area contributed by atoms with E-state index in [4.69, 9.17) is 9.47 Å². The van der Waals surface area contributed by atoms with Crippen LogP contribution in [0.1, 0.15) is 16.7 Å². The molecule has 5 heteroatoms. The van der Waals surface area contributed by atoms with E-state index in [1.807, 2.05) is 44.2 Å². The lowest BCUT2D eigenvalue weighted by Gasteiger charge is -2.09. The number of methoxy groups -OCH3 is 1. The van der Waals surface area contributed by atoms with Crippen molar-refractivity contribution in [3.63, 3.8) is 0 Å². The fraction of sp³-hybridized carbons (Fsp3) is 0.222. The number of benzene rings is 2. The largest absolute Gasteiger partial charge is 0.496 e. The van der Waals surface area contributed by atoms with Gasteiger partial charge in [0.25, 0.3) is 5.91 Å². The molecule has 23 heavy (non-hydrogen) atoms. The number of hydrazone groups is 1. The third-order valence-corrected chi connectivity index (χ3v) is 3.51. The van der Waals surface area contributed by atoms with Crippen LogP contribution in [0.15, 0.2) is 47.6 Å². The van der Waals surface area contributed by atoms with E-state index in [9.17, 15) is 4.79 Å². The average molecular weight is 312 g/mol. The molecule has 0 fully saturated rings. The summed E-state index contributed by atoms with van der Waals surface area (Å²) in [5, 5.41) is 3.97. The van der Waals surface area contributed by atoms with Crippen LogP contribution in [0.4, 0.5) is 0 Å². The molecule has 0 heterocycles. The number of hydrogen-bond acceptors (Lipinski definition) is 4. The van der Waals surface area contributed by atoms with Crippen molar-refractivity contribution in [2.24, 2.45) is 5.10 Å². The summed E-state index contributed by atoms with van der Waals surface area (Å²) in [5.41, 5.74) is 5.48. The predicted molar refractivity (Wildman–Crippen MR) is 90.1 cm³/mol. The molecule has 1 amide bonds. The summed E-state index contributed by atoms with van der Waals surface area (Å²) in [7, 11) is 1.64. The normalized spacial score (nSPS) is 10.6. The van der Waals surface area contributed by atoms with E-state index in [-0.39, 0.29) is 12.5 Å². The molecule has 120 valence electrons. The van der Waals surface area contributed by atoms with Crippen LogP contribution in [0.3, 0.4) is 0 Å². The number of hydrogen-bond donors (Lipinski definition) is 1. The zero-order chi connectivity index (χ0) is 16.7. The van der Waals surface area contributed by atoms with Gasteiger partial charge in [0.15, 0.2) is 6.61 Å². The van der Waals surface area contributed by atoms with Crippen LogP contribution >= 0.6 is 0 Å². The molecule has 0 aliphatic carbocycles. The Morgan fingerprint density at radius 3 is 2.57 bits per heavy atom. The van der Waals surface area contributed by atoms with Crippen molar-refractivity contribution in [3.8, 4) is 11.5 Å². The quantitative estimate of drug-likeness (QED) is 0.659. The number of ether oxygens (including phenoxy) is 2. The van der Waals surface area contributed by atoms with Gasteiger partial charge in [0.1, 0.15) is 11.5 Å². The SMILES string of the molecule is COc1ccc(/C=N/NC(=O)COc2ccccc2)c(C)c1C. The Hall–Kier alpha value is -2.82. The summed E-state index contributed by atoms with van der Waals surface area (Å²) >= 11 is 0. The van der Waals surface area contributed by atoms with Crippen molar-refractivity contribution in [1.82, 2.24) is 5.43 Å². The molecule has 2 rings (SSSR count). The lowest BCUT2D eigenvalue weighted by molar-refractivity contribution is -0.123. The Kier molecular flexibility index (Phi) is 5.74. The highest BCUT2D eigenvalue weighted by Crippen LogP contribution is 2.22. The van der Waals surface area contributed by atoms with Gasteiger partial charge in [-0.25, -0.2) is 5.43 Å². The molecule has 0 saturated heterocycles. The third kappa shape index (κ3) is 4.57. The molecule has 0 aromatic heterocycles. The Balaban J connectivity index is 1.89. The van der Waals surface area contributed by atoms with Crippen LogP contribution in [-0.4, -0.2) is 25.8 Å². The molecule has 0 spiro atoms. The number of nitrogens with zero attached hydrogens (tertiary/aromatic N) is 1. The number of rotatable bonds is 6. The topological polar surface area (TPSA) is 59.9 Å². The second-order valence-electron chi connectivity index (χ2n) is 5.00. The average Bonchev–Trinajstić information content (AvgIpc) is 2.58. The van der Waals surface area contributed by atoms with Crippen LogP contribution in [-0.2, 0) is 4.79 Å². The first-order valence-electron chi connectivity index (χ1n) is 7.25. The molecule has 0 radical (unpaired) electrons. The van der Waals surface area contributed by atoms with E-state index >= 15 is 0 Å². The van der Waals surface area contributed by atoms with Gasteiger partial charge in [0.2, 0.25) is 0 Å². The first-order valence-corrected chi connectivity index (χ1v) is 7.25. The number of para-hydroxylation sites is 1. The molecule has 0 unspecified atom stereocenters. The second kappa shape index (κ2) is 7.98. The van der Waals surface area contributed by atoms with E-state index < -0.39 is 0 Å². The number of amides is 1. The Bertz CT molecular complexity index is 697. The molecule has 0 aliphatic rings. The number of carbonyl (C=O) groups excluding carboxylic acids is 1. The fourth-order valence-corrected chi connectivity index (χ4v) is 2.05. The van der Waals surface area contributed by atoms with Crippen LogP contribution in [0.25, 0.3) is 0 Å². The van der Waals surface area contributed by atoms with Gasteiger partial charge in [-0.2, -0.15) is 5.10 Å². The maximum absolute atomic E-state index is 11.7. The van der Waals surface area contributed by atoms with Gasteiger partial charge < -0.3 is 9.47 Å². The fourth-order valence-electron chi connectivity index (χ4n) is 2.05. The number of carbonyl (C=O) groups is 1. The summed E-state index contributed by atoms with van der Waals surface area (Å²) in [6, 6.07) is 12.9. The number of nitrogens with one attached hydrogen (secondary N) is 1. The van der Waals surface area contributed by atoms with Crippen LogP contribution < -0.4 is 14.9 Å². The van der Waals surface area contributed by atoms with Crippen LogP contribution in [0, 0.1) is 13.8 Å². The van der Waals surface area contributed by atoms with Crippen molar-refractivity contribution < 1.29 is 14.3 Å². The highest BCUT2D eigenvalue weighted by atomic mass is 16.5. The molecule has 0 atom stereocenters. The van der Waals surface area contributed by atoms with Crippen molar-refractivity contribution in [3.05, 3.63) is 59.2 Å². The lowest BCUT2D eigenvalue weighted by atomic mass is 10.0. The molecule has 1 N–H and O–H groups in total. The summed E-state index contributed by atoms with van der Waals surface area (Å²) in [5.74, 6) is 1.17. The summed E-state index contributed by atoms with van der Waals surface area (Å²) in [4.78, 5) is 11.7. The predicted octanol–water partition coefficient (Wildman–Crippen LogP) is 2.84. The minimum Gasteiger partial charge on any atom is -0.496 e. The van der Waals surface area contributed by atoms with Gasteiger partial charge in [0, 0.05) is 0 Å². The lowest BCUT2D eigenvalue weighted by Crippen LogP contribution is -2.24. The molecule has 2 aromatic carbocycles. The summed E-state index contributed by atoms with van der Waals surface area (Å²) in [6.07, 6.45) is 1.61. The van der Waals surface area contributed by atoms with Crippen molar-refractivity contribution in [2.45, 2.75) is 13.8 Å². The van der Waals surface area contributed by atoms with Crippen molar-refractivity contribution in [1.29, 1.82) is 0 Å². The summed E-state index contributed by atoms with van der Waals surface area (Å²) < 4.78 is 10.6. The Labute approximate surface area is 135 Å². The molecule has 5 nitrogen and oxygen atoms in total. The van der Waals surface area contributed by atoms with Gasteiger partial charge in [-0.3, -0.25) is 4.79 Å². The molecular weight excluding hydrogens is 292 g/mol. The zero-order valence-electron chi connectivity index (χ0n) is 13.5. The molecular formula is C18H20N2O3. The van der Waals surface area contributed by atoms with Gasteiger partial charge in [-0.15, -0.1) is 0 Å². The van der Waals surface area contributed by atoms with E-state index in [1.165, 1.54) is 0 Å². The van der Waals surface area contributed by atoms with Gasteiger partial charge >= 0.3 is 0 Å². The standard InChI is InChI=1S/C18H20N2O3/c1-13-14(2)17(22-3)10-9-15(13)11-19-20-18(21)12-23-16-7-5-4-6-8-16/h4-11H,12H2,1-3H3,(H,20,21)/b19-11+. The Morgan fingerprint density at radius 1 is 1.13 bits per heavy atom. The van der Waals surface area contributed by atoms with Crippen molar-refractivity contribution in [2.75, 3.05) is 13.7 Å². The maximum atomic E-state index is 11.7. The van der Waals surface area contributed by atoms with E-state index in [0.29, 0.717) is 5.75 Å². The van der Waals surface area contributed by atoms with Crippen molar-refractivity contribution >= 4 is 12.1 Å². The van der Waals surface area contributed by atoms with E-state index in [1.54, 1.807) is 25.5 Å². The first-order chi connectivity index (χ1) is 11.1. The highest BCUT2D eigenvalue weighted by Gasteiger charge is 2.05. The van der Waals surface area contributed by atoms with Gasteiger partial charge in [-0.05, 0) is 54.8 Å². The van der Waals surface area contributed by atoms with Crippen LogP contribution in [0.5, 0.6) is 11.5 Å². The third-order valence-electron chi connectivity index (χ3n) is 3.51. The molecule has 0 saturated carbocycles. The second-order valence-corrected chi connectivity index (χ2v) is 5.00. The smallest absolute Gasteiger partial charge is 0.277 e. The maximum Gasteiger partial charge on any atom is 0.277 e. The van der Waals surface area contributed by atoms with Crippen LogP contribution in [0.2, 0.25) is 0 Å². The van der Waals surface area contributed by atoms with Gasteiger partial charge in [-0.1, -0.05) is 18.2 Å². The minimum absolute atomic E-state index is 0.0814. The van der Waals surface area contributed by atoms with E-state index in [0.717, 1.165) is 22.4 Å². The Morgan fingerprint density at radius 2 is 1.87 bits per heavy atom. The molecule has 2 aromatic rings. The van der Waals surface area contributed by atoms with E-state index in [2.05, 4.69) is 10.5 Å². The summed E-state index contributed by atoms with van der Waals surface area (Å²) in [6.45, 7) is 3.89. The monoisotopic (exact) mass is 312 g/mol. The highest BCUT2D eigenvalue weighted by molar-refractivity contribution is 5.85.